The Bertz CT molecular complexity index is 362. The summed E-state index contributed by atoms with van der Waals surface area (Å²) < 4.78 is 5.06. The Morgan fingerprint density at radius 1 is 1.33 bits per heavy atom. The quantitative estimate of drug-likeness (QED) is 0.697. The summed E-state index contributed by atoms with van der Waals surface area (Å²) in [6.07, 6.45) is 3.73. The number of anilines is 1. The number of carboxylic acids is 1. The Balaban J connectivity index is 2.56. The average molecular weight is 251 g/mol. The Morgan fingerprint density at radius 3 is 2.50 bits per heavy atom. The van der Waals surface area contributed by atoms with Crippen LogP contribution in [0.4, 0.5) is 5.69 Å². The molecule has 1 unspecified atom stereocenters. The van der Waals surface area contributed by atoms with E-state index >= 15 is 0 Å². The molecule has 0 aromatic heterocycles. The summed E-state index contributed by atoms with van der Waals surface area (Å²) in [5.74, 6) is -0.0414. The molecule has 2 N–H and O–H groups in total. The van der Waals surface area contributed by atoms with E-state index < -0.39 is 12.0 Å². The van der Waals surface area contributed by atoms with Crippen LogP contribution in [0.15, 0.2) is 24.3 Å². The Hall–Kier alpha value is -1.71. The topological polar surface area (TPSA) is 58.6 Å². The first-order chi connectivity index (χ1) is 8.67. The third-order valence-electron chi connectivity index (χ3n) is 2.83. The average Bonchev–Trinajstić information content (AvgIpc) is 2.38. The van der Waals surface area contributed by atoms with Crippen LogP contribution in [0, 0.1) is 0 Å². The summed E-state index contributed by atoms with van der Waals surface area (Å²) in [6.45, 7) is 2.10. The molecule has 0 heterocycles. The summed E-state index contributed by atoms with van der Waals surface area (Å²) >= 11 is 0. The Kier molecular flexibility index (Phi) is 6.05. The number of nitrogens with one attached hydrogen (secondary N) is 1. The molecule has 4 nitrogen and oxygen atoms in total. The highest BCUT2D eigenvalue weighted by atomic mass is 16.5. The summed E-state index contributed by atoms with van der Waals surface area (Å²) in [5, 5.41) is 12.2. The van der Waals surface area contributed by atoms with Crippen LogP contribution >= 0.6 is 0 Å². The van der Waals surface area contributed by atoms with E-state index in [1.54, 1.807) is 7.11 Å². The molecule has 1 aromatic rings. The van der Waals surface area contributed by atoms with Gasteiger partial charge in [-0.25, -0.2) is 4.79 Å². The van der Waals surface area contributed by atoms with Gasteiger partial charge in [-0.2, -0.15) is 0 Å². The lowest BCUT2D eigenvalue weighted by molar-refractivity contribution is -0.138. The molecule has 1 aromatic carbocycles. The van der Waals surface area contributed by atoms with Gasteiger partial charge < -0.3 is 15.2 Å². The minimum atomic E-state index is -0.804. The SMILES string of the molecule is CCCCCC(Nc1ccc(OC)cc1)C(=O)O. The number of unbranched alkanes of at least 4 members (excludes halogenated alkanes) is 2. The van der Waals surface area contributed by atoms with Crippen LogP contribution in [0.2, 0.25) is 0 Å². The van der Waals surface area contributed by atoms with Crippen molar-refractivity contribution < 1.29 is 14.6 Å². The minimum Gasteiger partial charge on any atom is -0.497 e. The van der Waals surface area contributed by atoms with Gasteiger partial charge in [-0.05, 0) is 30.7 Å². The lowest BCUT2D eigenvalue weighted by Gasteiger charge is -2.15. The van der Waals surface area contributed by atoms with Gasteiger partial charge in [0.05, 0.1) is 7.11 Å². The van der Waals surface area contributed by atoms with E-state index in [0.29, 0.717) is 6.42 Å². The zero-order valence-electron chi connectivity index (χ0n) is 11.0. The van der Waals surface area contributed by atoms with Crippen LogP contribution in [0.3, 0.4) is 0 Å². The van der Waals surface area contributed by atoms with E-state index in [9.17, 15) is 4.79 Å². The maximum Gasteiger partial charge on any atom is 0.326 e. The maximum absolute atomic E-state index is 11.1. The molecule has 1 rings (SSSR count). The smallest absolute Gasteiger partial charge is 0.326 e. The van der Waals surface area contributed by atoms with Crippen LogP contribution in [0.25, 0.3) is 0 Å². The molecule has 0 aliphatic carbocycles. The van der Waals surface area contributed by atoms with Crippen molar-refractivity contribution in [2.45, 2.75) is 38.6 Å². The molecule has 0 fully saturated rings. The molecule has 0 radical (unpaired) electrons. The summed E-state index contributed by atoms with van der Waals surface area (Å²) in [4.78, 5) is 11.1. The van der Waals surface area contributed by atoms with Gasteiger partial charge in [-0.3, -0.25) is 0 Å². The molecule has 100 valence electrons. The first kappa shape index (κ1) is 14.4. The number of carbonyl (C=O) groups is 1. The van der Waals surface area contributed by atoms with E-state index in [-0.39, 0.29) is 0 Å². The van der Waals surface area contributed by atoms with Crippen LogP contribution < -0.4 is 10.1 Å². The second kappa shape index (κ2) is 7.58. The number of hydrogen-bond donors (Lipinski definition) is 2. The fraction of sp³-hybridized carbons (Fsp3) is 0.500. The van der Waals surface area contributed by atoms with Gasteiger partial charge in [0.2, 0.25) is 0 Å². The molecule has 0 amide bonds. The van der Waals surface area contributed by atoms with Crippen LogP contribution in [0.1, 0.15) is 32.6 Å². The lowest BCUT2D eigenvalue weighted by Crippen LogP contribution is -2.29. The molecule has 18 heavy (non-hydrogen) atoms. The summed E-state index contributed by atoms with van der Waals surface area (Å²) in [6, 6.07) is 6.76. The van der Waals surface area contributed by atoms with Gasteiger partial charge in [-0.15, -0.1) is 0 Å². The molecule has 0 bridgehead atoms. The van der Waals surface area contributed by atoms with Crippen LogP contribution in [-0.4, -0.2) is 24.2 Å². The highest BCUT2D eigenvalue weighted by Gasteiger charge is 2.16. The summed E-state index contributed by atoms with van der Waals surface area (Å²) in [5.41, 5.74) is 0.805. The molecular formula is C14H21NO3. The lowest BCUT2D eigenvalue weighted by atomic mass is 10.1. The molecule has 1 atom stereocenters. The summed E-state index contributed by atoms with van der Waals surface area (Å²) in [7, 11) is 1.60. The van der Waals surface area contributed by atoms with E-state index in [1.807, 2.05) is 24.3 Å². The van der Waals surface area contributed by atoms with Gasteiger partial charge in [0.15, 0.2) is 0 Å². The van der Waals surface area contributed by atoms with Crippen molar-refractivity contribution in [1.29, 1.82) is 0 Å². The molecule has 0 saturated heterocycles. The van der Waals surface area contributed by atoms with Gasteiger partial charge in [0.1, 0.15) is 11.8 Å². The highest BCUT2D eigenvalue weighted by Crippen LogP contribution is 2.17. The van der Waals surface area contributed by atoms with Crippen molar-refractivity contribution in [2.75, 3.05) is 12.4 Å². The van der Waals surface area contributed by atoms with Crippen molar-refractivity contribution in [1.82, 2.24) is 0 Å². The monoisotopic (exact) mass is 251 g/mol. The van der Waals surface area contributed by atoms with Gasteiger partial charge >= 0.3 is 5.97 Å². The molecule has 0 aliphatic rings. The number of hydrogen-bond acceptors (Lipinski definition) is 3. The standard InChI is InChI=1S/C14H21NO3/c1-3-4-5-6-13(14(16)17)15-11-7-9-12(18-2)10-8-11/h7-10,13,15H,3-6H2,1-2H3,(H,16,17). The molecular weight excluding hydrogens is 230 g/mol. The van der Waals surface area contributed by atoms with E-state index in [4.69, 9.17) is 9.84 Å². The fourth-order valence-corrected chi connectivity index (χ4v) is 1.74. The molecule has 0 saturated carbocycles. The Morgan fingerprint density at radius 2 is 2.00 bits per heavy atom. The van der Waals surface area contributed by atoms with Crippen molar-refractivity contribution in [3.63, 3.8) is 0 Å². The third-order valence-corrected chi connectivity index (χ3v) is 2.83. The normalized spacial score (nSPS) is 11.9. The van der Waals surface area contributed by atoms with Crippen molar-refractivity contribution in [3.8, 4) is 5.75 Å². The largest absolute Gasteiger partial charge is 0.497 e. The fourth-order valence-electron chi connectivity index (χ4n) is 1.74. The highest BCUT2D eigenvalue weighted by molar-refractivity contribution is 5.77. The molecule has 4 heteroatoms. The number of carboxylic acid groups (broad SMARTS) is 1. The first-order valence-electron chi connectivity index (χ1n) is 6.30. The first-order valence-corrected chi connectivity index (χ1v) is 6.30. The third kappa shape index (κ3) is 4.65. The zero-order chi connectivity index (χ0) is 13.4. The maximum atomic E-state index is 11.1. The number of ether oxygens (including phenoxy) is 1. The molecule has 0 spiro atoms. The van der Waals surface area contributed by atoms with Crippen LogP contribution in [-0.2, 0) is 4.79 Å². The number of benzene rings is 1. The molecule has 0 aliphatic heterocycles. The van der Waals surface area contributed by atoms with Gasteiger partial charge in [-0.1, -0.05) is 26.2 Å². The number of aliphatic carboxylic acids is 1. The van der Waals surface area contributed by atoms with E-state index in [1.165, 1.54) is 0 Å². The van der Waals surface area contributed by atoms with Crippen molar-refractivity contribution in [2.24, 2.45) is 0 Å². The predicted molar refractivity (Wildman–Crippen MR) is 72.2 cm³/mol. The predicted octanol–water partition coefficient (Wildman–Crippen LogP) is 3.14. The number of methoxy groups -OCH3 is 1. The number of rotatable bonds is 8. The van der Waals surface area contributed by atoms with E-state index in [2.05, 4.69) is 12.2 Å². The van der Waals surface area contributed by atoms with Gasteiger partial charge in [0.25, 0.3) is 0 Å². The minimum absolute atomic E-state index is 0.523. The Labute approximate surface area is 108 Å². The van der Waals surface area contributed by atoms with Crippen LogP contribution in [0.5, 0.6) is 5.75 Å². The van der Waals surface area contributed by atoms with Crippen molar-refractivity contribution in [3.05, 3.63) is 24.3 Å². The zero-order valence-corrected chi connectivity index (χ0v) is 11.0. The van der Waals surface area contributed by atoms with Crippen molar-refractivity contribution >= 4 is 11.7 Å². The van der Waals surface area contributed by atoms with Gasteiger partial charge in [0, 0.05) is 5.69 Å². The second-order valence-electron chi connectivity index (χ2n) is 4.26. The second-order valence-corrected chi connectivity index (χ2v) is 4.26. The van der Waals surface area contributed by atoms with E-state index in [0.717, 1.165) is 30.7 Å².